The van der Waals surface area contributed by atoms with E-state index in [4.69, 9.17) is 11.6 Å². The molecule has 0 bridgehead atoms. The summed E-state index contributed by atoms with van der Waals surface area (Å²) in [6.45, 7) is 0. The third-order valence-electron chi connectivity index (χ3n) is 2.20. The second-order valence-corrected chi connectivity index (χ2v) is 3.66. The third kappa shape index (κ3) is 6.27. The Morgan fingerprint density at radius 3 is 1.89 bits per heavy atom. The van der Waals surface area contributed by atoms with E-state index in [0.717, 1.165) is 11.4 Å². The van der Waals surface area contributed by atoms with Crippen LogP contribution in [0.1, 0.15) is 11.1 Å². The van der Waals surface area contributed by atoms with E-state index in [1.54, 1.807) is 0 Å². The fraction of sp³-hybridized carbons (Fsp3) is 0.143. The van der Waals surface area contributed by atoms with Crippen LogP contribution < -0.4 is 5.73 Å². The summed E-state index contributed by atoms with van der Waals surface area (Å²) in [5.41, 5.74) is 6.97. The summed E-state index contributed by atoms with van der Waals surface area (Å²) in [7, 11) is 1.50. The summed E-state index contributed by atoms with van der Waals surface area (Å²) in [6, 6.07) is 18.3. The molecule has 2 aromatic carbocycles. The highest BCUT2D eigenvalue weighted by molar-refractivity contribution is 6.31. The van der Waals surface area contributed by atoms with E-state index in [0.29, 0.717) is 0 Å². The number of hydrogen-bond acceptors (Lipinski definition) is 1. The molecule has 2 rings (SSSR count). The van der Waals surface area contributed by atoms with Crippen LogP contribution in [0.5, 0.6) is 0 Å². The average molecular weight is 307 g/mol. The van der Waals surface area contributed by atoms with Crippen LogP contribution in [0.25, 0.3) is 0 Å². The predicted molar refractivity (Wildman–Crippen MR) is 85.3 cm³/mol. The fourth-order valence-corrected chi connectivity index (χ4v) is 1.66. The molecule has 2 N–H and O–H groups in total. The molecule has 0 aliphatic rings. The molecular formula is C14H18Cl3N. The summed E-state index contributed by atoms with van der Waals surface area (Å²) in [4.78, 5) is 0. The maximum Gasteiger partial charge on any atom is 0.0441 e. The van der Waals surface area contributed by atoms with Gasteiger partial charge in [-0.25, -0.2) is 0 Å². The summed E-state index contributed by atoms with van der Waals surface area (Å²) >= 11 is 6.07. The molecule has 4 heteroatoms. The second kappa shape index (κ2) is 11.4. The Balaban J connectivity index is 0. The van der Waals surface area contributed by atoms with Gasteiger partial charge in [-0.15, -0.1) is 24.8 Å². The molecule has 0 aliphatic carbocycles. The summed E-state index contributed by atoms with van der Waals surface area (Å²) in [5.74, 6) is 0. The van der Waals surface area contributed by atoms with Gasteiger partial charge in [0.1, 0.15) is 0 Å². The van der Waals surface area contributed by atoms with Crippen LogP contribution in [0.2, 0.25) is 5.02 Å². The van der Waals surface area contributed by atoms with Gasteiger partial charge in [0, 0.05) is 5.02 Å². The van der Waals surface area contributed by atoms with E-state index < -0.39 is 0 Å². The molecule has 2 aromatic rings. The molecule has 0 heterocycles. The number of hydrogen-bond donors (Lipinski definition) is 1. The maximum atomic E-state index is 6.07. The van der Waals surface area contributed by atoms with Crippen LogP contribution in [0.3, 0.4) is 0 Å². The van der Waals surface area contributed by atoms with Gasteiger partial charge < -0.3 is 5.73 Å². The van der Waals surface area contributed by atoms with E-state index in [9.17, 15) is 0 Å². The Labute approximate surface area is 126 Å². The van der Waals surface area contributed by atoms with E-state index >= 15 is 0 Å². The quantitative estimate of drug-likeness (QED) is 0.877. The fourth-order valence-electron chi connectivity index (χ4n) is 1.46. The van der Waals surface area contributed by atoms with E-state index in [1.165, 1.54) is 18.2 Å². The SMILES string of the molecule is CN.Cl.Cl.Clc1ccccc1Cc1ccccc1. The van der Waals surface area contributed by atoms with Crippen molar-refractivity contribution in [3.63, 3.8) is 0 Å². The number of nitrogens with two attached hydrogens (primary N) is 1. The number of benzene rings is 2. The lowest BCUT2D eigenvalue weighted by molar-refractivity contribution is 1.19. The lowest BCUT2D eigenvalue weighted by atomic mass is 10.1. The Kier molecular flexibility index (Phi) is 12.4. The molecule has 18 heavy (non-hydrogen) atoms. The monoisotopic (exact) mass is 305 g/mol. The predicted octanol–water partition coefficient (Wildman–Crippen LogP) is 4.35. The van der Waals surface area contributed by atoms with Crippen LogP contribution in [-0.4, -0.2) is 7.05 Å². The zero-order valence-corrected chi connectivity index (χ0v) is 12.6. The molecule has 0 saturated carbocycles. The van der Waals surface area contributed by atoms with Gasteiger partial charge in [-0.3, -0.25) is 0 Å². The Bertz CT molecular complexity index is 418. The first-order valence-electron chi connectivity index (χ1n) is 5.21. The van der Waals surface area contributed by atoms with Crippen LogP contribution in [0.4, 0.5) is 0 Å². The van der Waals surface area contributed by atoms with Crippen molar-refractivity contribution in [1.82, 2.24) is 0 Å². The lowest BCUT2D eigenvalue weighted by Gasteiger charge is -2.03. The van der Waals surface area contributed by atoms with Gasteiger partial charge >= 0.3 is 0 Å². The highest BCUT2D eigenvalue weighted by atomic mass is 35.5. The van der Waals surface area contributed by atoms with Crippen LogP contribution >= 0.6 is 36.4 Å². The van der Waals surface area contributed by atoms with Gasteiger partial charge in [0.05, 0.1) is 0 Å². The molecule has 0 saturated heterocycles. The van der Waals surface area contributed by atoms with Crippen molar-refractivity contribution in [2.75, 3.05) is 7.05 Å². The van der Waals surface area contributed by atoms with Crippen molar-refractivity contribution in [2.24, 2.45) is 5.73 Å². The minimum atomic E-state index is 0. The third-order valence-corrected chi connectivity index (χ3v) is 2.56. The van der Waals surface area contributed by atoms with Crippen LogP contribution in [0.15, 0.2) is 54.6 Å². The van der Waals surface area contributed by atoms with Crippen LogP contribution in [-0.2, 0) is 6.42 Å². The first kappa shape index (κ1) is 19.6. The maximum absolute atomic E-state index is 6.07. The molecule has 0 fully saturated rings. The summed E-state index contributed by atoms with van der Waals surface area (Å²) in [5, 5.41) is 0.844. The minimum Gasteiger partial charge on any atom is -0.333 e. The molecule has 0 aromatic heterocycles. The van der Waals surface area contributed by atoms with Gasteiger partial charge in [-0.05, 0) is 30.7 Å². The van der Waals surface area contributed by atoms with Gasteiger partial charge in [-0.2, -0.15) is 0 Å². The largest absolute Gasteiger partial charge is 0.333 e. The molecule has 0 amide bonds. The zero-order chi connectivity index (χ0) is 11.8. The minimum absolute atomic E-state index is 0. The van der Waals surface area contributed by atoms with Gasteiger partial charge in [0.25, 0.3) is 0 Å². The first-order chi connectivity index (χ1) is 7.86. The Hall–Kier alpha value is -0.730. The number of rotatable bonds is 2. The average Bonchev–Trinajstić information content (AvgIpc) is 2.36. The normalized spacial score (nSPS) is 8.17. The van der Waals surface area contributed by atoms with E-state index in [-0.39, 0.29) is 24.8 Å². The highest BCUT2D eigenvalue weighted by Gasteiger charge is 1.99. The van der Waals surface area contributed by atoms with Crippen LogP contribution in [0, 0.1) is 0 Å². The molecule has 1 nitrogen and oxygen atoms in total. The Morgan fingerprint density at radius 2 is 1.33 bits per heavy atom. The van der Waals surface area contributed by atoms with Crippen molar-refractivity contribution in [3.8, 4) is 0 Å². The first-order valence-corrected chi connectivity index (χ1v) is 5.59. The molecule has 0 spiro atoms. The summed E-state index contributed by atoms with van der Waals surface area (Å²) in [6.07, 6.45) is 0.903. The van der Waals surface area contributed by atoms with E-state index in [1.807, 2.05) is 36.4 Å². The Morgan fingerprint density at radius 1 is 0.833 bits per heavy atom. The molecular weight excluding hydrogens is 289 g/mol. The molecule has 0 aliphatic heterocycles. The van der Waals surface area contributed by atoms with Crippen molar-refractivity contribution in [3.05, 3.63) is 70.7 Å². The second-order valence-electron chi connectivity index (χ2n) is 3.25. The van der Waals surface area contributed by atoms with Crippen molar-refractivity contribution < 1.29 is 0 Å². The van der Waals surface area contributed by atoms with E-state index in [2.05, 4.69) is 23.9 Å². The molecule has 0 radical (unpaired) electrons. The number of halogens is 3. The van der Waals surface area contributed by atoms with Gasteiger partial charge in [-0.1, -0.05) is 60.1 Å². The molecule has 0 atom stereocenters. The standard InChI is InChI=1S/C13H11Cl.CH5N.2ClH/c14-13-9-5-4-8-12(13)10-11-6-2-1-3-7-11;1-2;;/h1-9H,10H2;2H2,1H3;2*1H. The summed E-state index contributed by atoms with van der Waals surface area (Å²) < 4.78 is 0. The van der Waals surface area contributed by atoms with Crippen molar-refractivity contribution in [2.45, 2.75) is 6.42 Å². The van der Waals surface area contributed by atoms with Crippen molar-refractivity contribution >= 4 is 36.4 Å². The van der Waals surface area contributed by atoms with Crippen molar-refractivity contribution in [1.29, 1.82) is 0 Å². The molecule has 0 unspecified atom stereocenters. The zero-order valence-electron chi connectivity index (χ0n) is 10.2. The lowest BCUT2D eigenvalue weighted by Crippen LogP contribution is -1.87. The smallest absolute Gasteiger partial charge is 0.0441 e. The highest BCUT2D eigenvalue weighted by Crippen LogP contribution is 2.18. The van der Waals surface area contributed by atoms with Gasteiger partial charge in [0.15, 0.2) is 0 Å². The molecule has 100 valence electrons. The van der Waals surface area contributed by atoms with Gasteiger partial charge in [0.2, 0.25) is 0 Å². The topological polar surface area (TPSA) is 26.0 Å².